The predicted octanol–water partition coefficient (Wildman–Crippen LogP) is 1.45. The summed E-state index contributed by atoms with van der Waals surface area (Å²) in [6.45, 7) is 0. The summed E-state index contributed by atoms with van der Waals surface area (Å²) in [7, 11) is 3.06. The van der Waals surface area contributed by atoms with Crippen molar-refractivity contribution >= 4 is 11.8 Å². The maximum atomic E-state index is 5.62. The summed E-state index contributed by atoms with van der Waals surface area (Å²) in [6, 6.07) is 6.73. The van der Waals surface area contributed by atoms with Crippen molar-refractivity contribution in [3.05, 3.63) is 24.3 Å². The number of ether oxygens (including phenoxy) is 3. The molecule has 1 aromatic carbocycles. The van der Waals surface area contributed by atoms with Crippen molar-refractivity contribution in [3.63, 3.8) is 0 Å². The molecule has 0 fully saturated rings. The number of hydrogen-bond donors (Lipinski definition) is 2. The normalized spacial score (nSPS) is 10.0. The molecule has 4 N–H and O–H groups in total. The largest absolute Gasteiger partial charge is 0.493 e. The van der Waals surface area contributed by atoms with E-state index in [4.69, 9.17) is 25.7 Å². The molecule has 2 rings (SSSR count). The minimum atomic E-state index is 0.0314. The minimum Gasteiger partial charge on any atom is -0.493 e. The van der Waals surface area contributed by atoms with Crippen LogP contribution in [0.5, 0.6) is 23.1 Å². The number of para-hydroxylation sites is 1. The first-order chi connectivity index (χ1) is 9.13. The molecule has 0 unspecified atom stereocenters. The number of aromatic nitrogens is 2. The molecule has 0 aliphatic rings. The molecule has 0 atom stereocenters. The summed E-state index contributed by atoms with van der Waals surface area (Å²) >= 11 is 0. The maximum Gasteiger partial charge on any atom is 0.226 e. The second-order valence-corrected chi connectivity index (χ2v) is 3.58. The first-order valence-electron chi connectivity index (χ1n) is 5.43. The lowest BCUT2D eigenvalue weighted by Gasteiger charge is -2.13. The van der Waals surface area contributed by atoms with Gasteiger partial charge in [-0.3, -0.25) is 0 Å². The number of benzene rings is 1. The van der Waals surface area contributed by atoms with Gasteiger partial charge in [0.15, 0.2) is 11.5 Å². The Labute approximate surface area is 110 Å². The molecule has 0 spiro atoms. The van der Waals surface area contributed by atoms with Crippen LogP contribution in [-0.4, -0.2) is 24.2 Å². The number of methoxy groups -OCH3 is 2. The van der Waals surface area contributed by atoms with Gasteiger partial charge in [-0.15, -0.1) is 0 Å². The van der Waals surface area contributed by atoms with Crippen molar-refractivity contribution in [2.45, 2.75) is 0 Å². The number of anilines is 2. The third-order valence-electron chi connectivity index (χ3n) is 2.33. The van der Waals surface area contributed by atoms with E-state index < -0.39 is 0 Å². The lowest BCUT2D eigenvalue weighted by atomic mass is 10.3. The van der Waals surface area contributed by atoms with E-state index in [9.17, 15) is 0 Å². The summed E-state index contributed by atoms with van der Waals surface area (Å²) in [5.74, 6) is 1.88. The molecule has 0 saturated carbocycles. The van der Waals surface area contributed by atoms with E-state index in [2.05, 4.69) is 9.97 Å². The summed E-state index contributed by atoms with van der Waals surface area (Å²) in [6.07, 6.45) is 0. The lowest BCUT2D eigenvalue weighted by molar-refractivity contribution is 0.342. The van der Waals surface area contributed by atoms with Gasteiger partial charge in [0.1, 0.15) is 5.82 Å². The van der Waals surface area contributed by atoms with Crippen LogP contribution in [-0.2, 0) is 0 Å². The predicted molar refractivity (Wildman–Crippen MR) is 70.5 cm³/mol. The van der Waals surface area contributed by atoms with Crippen molar-refractivity contribution in [1.82, 2.24) is 9.97 Å². The van der Waals surface area contributed by atoms with Gasteiger partial charge in [0, 0.05) is 6.07 Å². The zero-order chi connectivity index (χ0) is 13.8. The SMILES string of the molecule is COc1cccc(OC)c1Oc1cc(N)nc(N)n1. The number of hydrogen-bond acceptors (Lipinski definition) is 7. The Morgan fingerprint density at radius 1 is 1.00 bits per heavy atom. The second kappa shape index (κ2) is 5.30. The summed E-state index contributed by atoms with van der Waals surface area (Å²) in [5, 5.41) is 0. The van der Waals surface area contributed by atoms with Gasteiger partial charge in [0.25, 0.3) is 0 Å². The van der Waals surface area contributed by atoms with Crippen molar-refractivity contribution < 1.29 is 14.2 Å². The molecule has 0 aliphatic carbocycles. The first kappa shape index (κ1) is 12.7. The molecule has 0 bridgehead atoms. The Bertz CT molecular complexity index is 547. The van der Waals surface area contributed by atoms with Gasteiger partial charge in [-0.1, -0.05) is 6.07 Å². The summed E-state index contributed by atoms with van der Waals surface area (Å²) in [4.78, 5) is 7.70. The lowest BCUT2D eigenvalue weighted by Crippen LogP contribution is -2.02. The van der Waals surface area contributed by atoms with E-state index in [1.165, 1.54) is 20.3 Å². The average molecular weight is 262 g/mol. The van der Waals surface area contributed by atoms with Gasteiger partial charge in [-0.25, -0.2) is 0 Å². The van der Waals surface area contributed by atoms with E-state index >= 15 is 0 Å². The van der Waals surface area contributed by atoms with Gasteiger partial charge < -0.3 is 25.7 Å². The van der Waals surface area contributed by atoms with Crippen LogP contribution < -0.4 is 25.7 Å². The topological polar surface area (TPSA) is 106 Å². The van der Waals surface area contributed by atoms with Crippen LogP contribution in [0.25, 0.3) is 0 Å². The molecular formula is C12H14N4O3. The van der Waals surface area contributed by atoms with Crippen molar-refractivity contribution in [1.29, 1.82) is 0 Å². The van der Waals surface area contributed by atoms with Crippen LogP contribution in [0.3, 0.4) is 0 Å². The van der Waals surface area contributed by atoms with Crippen LogP contribution >= 0.6 is 0 Å². The van der Waals surface area contributed by atoms with E-state index in [0.29, 0.717) is 17.2 Å². The van der Waals surface area contributed by atoms with Gasteiger partial charge in [-0.05, 0) is 12.1 Å². The summed E-state index contributed by atoms with van der Waals surface area (Å²) < 4.78 is 16.0. The van der Waals surface area contributed by atoms with E-state index in [1.807, 2.05) is 0 Å². The Balaban J connectivity index is 2.41. The number of nitrogen functional groups attached to an aromatic ring is 2. The molecule has 0 saturated heterocycles. The zero-order valence-electron chi connectivity index (χ0n) is 10.6. The highest BCUT2D eigenvalue weighted by Gasteiger charge is 2.13. The number of nitrogens with zero attached hydrogens (tertiary/aromatic N) is 2. The Morgan fingerprint density at radius 3 is 2.16 bits per heavy atom. The first-order valence-corrected chi connectivity index (χ1v) is 5.43. The van der Waals surface area contributed by atoms with Crippen molar-refractivity contribution in [3.8, 4) is 23.1 Å². The maximum absolute atomic E-state index is 5.62. The molecule has 0 radical (unpaired) electrons. The highest BCUT2D eigenvalue weighted by molar-refractivity contribution is 5.53. The summed E-state index contributed by atoms with van der Waals surface area (Å²) in [5.41, 5.74) is 11.1. The fourth-order valence-corrected chi connectivity index (χ4v) is 1.54. The Kier molecular flexibility index (Phi) is 3.56. The Hall–Kier alpha value is -2.70. The number of rotatable bonds is 4. The van der Waals surface area contributed by atoms with Crippen LogP contribution in [0.15, 0.2) is 24.3 Å². The Morgan fingerprint density at radius 2 is 1.63 bits per heavy atom. The van der Waals surface area contributed by atoms with Crippen LogP contribution in [0.2, 0.25) is 0 Å². The quantitative estimate of drug-likeness (QED) is 0.858. The molecule has 19 heavy (non-hydrogen) atoms. The molecule has 0 aliphatic heterocycles. The zero-order valence-corrected chi connectivity index (χ0v) is 10.6. The molecule has 7 heteroatoms. The number of nitrogens with two attached hydrogens (primary N) is 2. The minimum absolute atomic E-state index is 0.0314. The van der Waals surface area contributed by atoms with Gasteiger partial charge in [0.05, 0.1) is 14.2 Å². The monoisotopic (exact) mass is 262 g/mol. The van der Waals surface area contributed by atoms with Gasteiger partial charge in [-0.2, -0.15) is 9.97 Å². The van der Waals surface area contributed by atoms with Crippen LogP contribution in [0.1, 0.15) is 0 Å². The van der Waals surface area contributed by atoms with Gasteiger partial charge >= 0.3 is 0 Å². The van der Waals surface area contributed by atoms with E-state index in [-0.39, 0.29) is 17.6 Å². The smallest absolute Gasteiger partial charge is 0.226 e. The third kappa shape index (κ3) is 2.76. The average Bonchev–Trinajstić information content (AvgIpc) is 2.37. The molecule has 1 aromatic heterocycles. The fraction of sp³-hybridized carbons (Fsp3) is 0.167. The molecule has 1 heterocycles. The fourth-order valence-electron chi connectivity index (χ4n) is 1.54. The van der Waals surface area contributed by atoms with E-state index in [1.54, 1.807) is 18.2 Å². The molecular weight excluding hydrogens is 248 g/mol. The molecule has 2 aromatic rings. The molecule has 100 valence electrons. The molecule has 7 nitrogen and oxygen atoms in total. The highest BCUT2D eigenvalue weighted by atomic mass is 16.5. The highest BCUT2D eigenvalue weighted by Crippen LogP contribution is 2.39. The standard InChI is InChI=1S/C12H14N4O3/c1-17-7-4-3-5-8(18-2)11(7)19-10-6-9(13)15-12(14)16-10/h3-6H,1-2H3,(H4,13,14,15,16). The van der Waals surface area contributed by atoms with Crippen molar-refractivity contribution in [2.75, 3.05) is 25.7 Å². The molecule has 0 amide bonds. The third-order valence-corrected chi connectivity index (χ3v) is 2.33. The van der Waals surface area contributed by atoms with Gasteiger partial charge in [0.2, 0.25) is 17.6 Å². The van der Waals surface area contributed by atoms with E-state index in [0.717, 1.165) is 0 Å². The van der Waals surface area contributed by atoms with Crippen LogP contribution in [0.4, 0.5) is 11.8 Å². The van der Waals surface area contributed by atoms with Crippen molar-refractivity contribution in [2.24, 2.45) is 0 Å². The second-order valence-electron chi connectivity index (χ2n) is 3.58. The van der Waals surface area contributed by atoms with Crippen LogP contribution in [0, 0.1) is 0 Å².